The maximum atomic E-state index is 14.0. The summed E-state index contributed by atoms with van der Waals surface area (Å²) in [5, 5.41) is 3.32. The molecule has 0 spiro atoms. The number of esters is 1. The van der Waals surface area contributed by atoms with Crippen molar-refractivity contribution in [1.82, 2.24) is 5.32 Å². The highest BCUT2D eigenvalue weighted by Crippen LogP contribution is 2.55. The van der Waals surface area contributed by atoms with Crippen LogP contribution in [0.25, 0.3) is 0 Å². The molecule has 4 atom stereocenters. The number of ether oxygens (including phenoxy) is 3. The molecule has 0 bridgehead atoms. The first-order chi connectivity index (χ1) is 17.9. The molecule has 1 N–H and O–H groups in total. The van der Waals surface area contributed by atoms with Crippen LogP contribution in [0.3, 0.4) is 0 Å². The zero-order chi connectivity index (χ0) is 26.3. The van der Waals surface area contributed by atoms with Gasteiger partial charge in [-0.1, -0.05) is 36.4 Å². The van der Waals surface area contributed by atoms with Gasteiger partial charge in [-0.2, -0.15) is 0 Å². The number of rotatable bonds is 6. The van der Waals surface area contributed by atoms with Gasteiger partial charge in [0, 0.05) is 17.7 Å². The van der Waals surface area contributed by atoms with E-state index in [2.05, 4.69) is 5.32 Å². The zero-order valence-corrected chi connectivity index (χ0v) is 20.4. The third-order valence-corrected chi connectivity index (χ3v) is 7.16. The zero-order valence-electron chi connectivity index (χ0n) is 20.4. The van der Waals surface area contributed by atoms with Gasteiger partial charge in [-0.15, -0.1) is 0 Å². The van der Waals surface area contributed by atoms with Gasteiger partial charge in [-0.25, -0.2) is 14.1 Å². The van der Waals surface area contributed by atoms with Crippen LogP contribution in [0.4, 0.5) is 10.1 Å². The number of halogens is 1. The highest BCUT2D eigenvalue weighted by molar-refractivity contribution is 6.24. The summed E-state index contributed by atoms with van der Waals surface area (Å²) in [6.45, 7) is 0. The van der Waals surface area contributed by atoms with E-state index in [-0.39, 0.29) is 5.69 Å². The first-order valence-electron chi connectivity index (χ1n) is 11.6. The van der Waals surface area contributed by atoms with Crippen molar-refractivity contribution in [1.29, 1.82) is 0 Å². The molecule has 3 aromatic rings. The lowest BCUT2D eigenvalue weighted by atomic mass is 9.75. The van der Waals surface area contributed by atoms with Crippen molar-refractivity contribution in [3.8, 4) is 11.5 Å². The summed E-state index contributed by atoms with van der Waals surface area (Å²) < 4.78 is 29.8. The standard InChI is InChI=1S/C28H25FN2O6/c1-35-19-13-14-20(21(15-19)36-2)24-22-23(26(33)31(25(22)32)18-11-9-17(29)10-12-18)28(30-24,27(34)37-3)16-7-5-4-6-8-16/h4-15,22-24,30H,1-3H3/t22-,23+,24+,28+/m1/s1. The smallest absolute Gasteiger partial charge is 0.331 e. The number of nitrogens with one attached hydrogen (secondary N) is 1. The Labute approximate surface area is 212 Å². The molecule has 2 aliphatic heterocycles. The molecule has 0 saturated carbocycles. The van der Waals surface area contributed by atoms with E-state index in [1.807, 2.05) is 0 Å². The highest BCUT2D eigenvalue weighted by atomic mass is 19.1. The van der Waals surface area contributed by atoms with Crippen LogP contribution in [0.1, 0.15) is 17.2 Å². The molecule has 9 heteroatoms. The summed E-state index contributed by atoms with van der Waals surface area (Å²) in [6.07, 6.45) is 0. The van der Waals surface area contributed by atoms with Crippen LogP contribution in [0, 0.1) is 17.7 Å². The van der Waals surface area contributed by atoms with Gasteiger partial charge in [0.05, 0.1) is 38.9 Å². The predicted octanol–water partition coefficient (Wildman–Crippen LogP) is 3.36. The normalized spacial score (nSPS) is 24.6. The number of carbonyl (C=O) groups is 3. The van der Waals surface area contributed by atoms with Gasteiger partial charge in [0.25, 0.3) is 0 Å². The number of nitrogens with zero attached hydrogens (tertiary/aromatic N) is 1. The summed E-state index contributed by atoms with van der Waals surface area (Å²) in [5.74, 6) is -3.47. The molecule has 2 heterocycles. The Morgan fingerprint density at radius 1 is 0.919 bits per heavy atom. The van der Waals surface area contributed by atoms with Crippen molar-refractivity contribution < 1.29 is 33.0 Å². The average Bonchev–Trinajstić information content (AvgIpc) is 3.43. The molecule has 5 rings (SSSR count). The lowest BCUT2D eigenvalue weighted by Gasteiger charge is -2.33. The van der Waals surface area contributed by atoms with E-state index in [4.69, 9.17) is 14.2 Å². The second-order valence-corrected chi connectivity index (χ2v) is 8.89. The lowest BCUT2D eigenvalue weighted by Crippen LogP contribution is -2.53. The number of methoxy groups -OCH3 is 3. The topological polar surface area (TPSA) is 94.2 Å². The molecule has 0 aromatic heterocycles. The number of amides is 2. The Morgan fingerprint density at radius 2 is 1.62 bits per heavy atom. The van der Waals surface area contributed by atoms with E-state index in [1.165, 1.54) is 45.6 Å². The monoisotopic (exact) mass is 504 g/mol. The third kappa shape index (κ3) is 3.65. The fourth-order valence-electron chi connectivity index (χ4n) is 5.53. The predicted molar refractivity (Wildman–Crippen MR) is 131 cm³/mol. The summed E-state index contributed by atoms with van der Waals surface area (Å²) in [4.78, 5) is 42.6. The molecule has 0 aliphatic carbocycles. The maximum Gasteiger partial charge on any atom is 0.331 e. The largest absolute Gasteiger partial charge is 0.497 e. The quantitative estimate of drug-likeness (QED) is 0.406. The lowest BCUT2D eigenvalue weighted by molar-refractivity contribution is -0.152. The van der Waals surface area contributed by atoms with Gasteiger partial charge in [-0.3, -0.25) is 14.9 Å². The van der Waals surface area contributed by atoms with Gasteiger partial charge in [0.2, 0.25) is 11.8 Å². The molecule has 37 heavy (non-hydrogen) atoms. The molecule has 190 valence electrons. The molecule has 8 nitrogen and oxygen atoms in total. The highest BCUT2D eigenvalue weighted by Gasteiger charge is 2.70. The number of hydrogen-bond acceptors (Lipinski definition) is 7. The van der Waals surface area contributed by atoms with Crippen LogP contribution in [0.5, 0.6) is 11.5 Å². The average molecular weight is 505 g/mol. The van der Waals surface area contributed by atoms with Gasteiger partial charge in [0.15, 0.2) is 5.54 Å². The molecule has 2 fully saturated rings. The second kappa shape index (κ2) is 9.33. The van der Waals surface area contributed by atoms with Gasteiger partial charge in [-0.05, 0) is 35.9 Å². The SMILES string of the molecule is COC(=O)[C@@]1(c2ccccc2)N[C@@H](c2ccc(OC)cc2OC)[C@@H]2C(=O)N(c3ccc(F)cc3)C(=O)[C@H]21. The van der Waals surface area contributed by atoms with E-state index in [0.717, 1.165) is 4.90 Å². The fraction of sp³-hybridized carbons (Fsp3) is 0.250. The van der Waals surface area contributed by atoms with Crippen LogP contribution >= 0.6 is 0 Å². The fourth-order valence-corrected chi connectivity index (χ4v) is 5.53. The van der Waals surface area contributed by atoms with Crippen molar-refractivity contribution in [2.75, 3.05) is 26.2 Å². The van der Waals surface area contributed by atoms with E-state index in [1.54, 1.807) is 48.5 Å². The minimum atomic E-state index is -1.67. The van der Waals surface area contributed by atoms with E-state index in [0.29, 0.717) is 22.6 Å². The summed E-state index contributed by atoms with van der Waals surface area (Å²) >= 11 is 0. The minimum Gasteiger partial charge on any atom is -0.497 e. The molecule has 3 aromatic carbocycles. The van der Waals surface area contributed by atoms with E-state index in [9.17, 15) is 18.8 Å². The van der Waals surface area contributed by atoms with E-state index >= 15 is 0 Å². The van der Waals surface area contributed by atoms with Crippen molar-refractivity contribution >= 4 is 23.5 Å². The molecular formula is C28H25FN2O6. The number of fused-ring (bicyclic) bond motifs is 1. The molecule has 2 saturated heterocycles. The van der Waals surface area contributed by atoms with Crippen molar-refractivity contribution in [2.24, 2.45) is 11.8 Å². The number of hydrogen-bond donors (Lipinski definition) is 1. The Bertz CT molecular complexity index is 1360. The van der Waals surface area contributed by atoms with Crippen LogP contribution in [-0.2, 0) is 24.7 Å². The molecule has 0 unspecified atom stereocenters. The number of benzene rings is 3. The summed E-state index contributed by atoms with van der Waals surface area (Å²) in [7, 11) is 4.25. The van der Waals surface area contributed by atoms with Crippen LogP contribution in [-0.4, -0.2) is 39.1 Å². The minimum absolute atomic E-state index is 0.220. The van der Waals surface area contributed by atoms with Crippen molar-refractivity contribution in [3.63, 3.8) is 0 Å². The number of imide groups is 1. The second-order valence-electron chi connectivity index (χ2n) is 8.89. The van der Waals surface area contributed by atoms with Crippen molar-refractivity contribution in [3.05, 3.63) is 89.7 Å². The van der Waals surface area contributed by atoms with Crippen LogP contribution in [0.2, 0.25) is 0 Å². The van der Waals surface area contributed by atoms with Gasteiger partial charge in [0.1, 0.15) is 17.3 Å². The summed E-state index contributed by atoms with van der Waals surface area (Å²) in [5.41, 5.74) is -0.397. The molecular weight excluding hydrogens is 479 g/mol. The Kier molecular flexibility index (Phi) is 6.16. The number of carbonyl (C=O) groups excluding carboxylic acids is 3. The Balaban J connectivity index is 1.74. The maximum absolute atomic E-state index is 14.0. The Morgan fingerprint density at radius 3 is 2.24 bits per heavy atom. The Hall–Kier alpha value is -4.24. The first kappa shape index (κ1) is 24.5. The molecule has 2 aliphatic rings. The third-order valence-electron chi connectivity index (χ3n) is 7.16. The number of anilines is 1. The van der Waals surface area contributed by atoms with Crippen LogP contribution < -0.4 is 19.7 Å². The van der Waals surface area contributed by atoms with Gasteiger partial charge >= 0.3 is 5.97 Å². The first-order valence-corrected chi connectivity index (χ1v) is 11.6. The summed E-state index contributed by atoms with van der Waals surface area (Å²) in [6, 6.07) is 18.1. The molecule has 0 radical (unpaired) electrons. The van der Waals surface area contributed by atoms with E-state index < -0.39 is 47.0 Å². The van der Waals surface area contributed by atoms with Crippen molar-refractivity contribution in [2.45, 2.75) is 11.6 Å². The van der Waals surface area contributed by atoms with Gasteiger partial charge < -0.3 is 14.2 Å². The van der Waals surface area contributed by atoms with Crippen LogP contribution in [0.15, 0.2) is 72.8 Å². The molecule has 2 amide bonds.